The van der Waals surface area contributed by atoms with E-state index < -0.39 is 5.91 Å². The number of nitrogens with zero attached hydrogens (tertiary/aromatic N) is 1. The number of rotatable bonds is 6. The number of hydrogen-bond acceptors (Lipinski definition) is 5. The molecule has 7 heteroatoms. The summed E-state index contributed by atoms with van der Waals surface area (Å²) in [6.45, 7) is 2.51. The molecule has 2 aromatic rings. The van der Waals surface area contributed by atoms with E-state index in [1.807, 2.05) is 6.92 Å². The van der Waals surface area contributed by atoms with Crippen LogP contribution >= 0.6 is 0 Å². The number of nitrogens with two attached hydrogens (primary N) is 1. The fourth-order valence-corrected chi connectivity index (χ4v) is 1.57. The van der Waals surface area contributed by atoms with Gasteiger partial charge in [0, 0.05) is 12.6 Å². The summed E-state index contributed by atoms with van der Waals surface area (Å²) < 4.78 is 10.5. The summed E-state index contributed by atoms with van der Waals surface area (Å²) in [6.07, 6.45) is 0.868. The molecule has 0 unspecified atom stereocenters. The summed E-state index contributed by atoms with van der Waals surface area (Å²) in [6, 6.07) is 4.82. The highest BCUT2D eigenvalue weighted by Gasteiger charge is 2.11. The van der Waals surface area contributed by atoms with Gasteiger partial charge in [0.05, 0.1) is 0 Å². The van der Waals surface area contributed by atoms with Crippen molar-refractivity contribution in [3.63, 3.8) is 0 Å². The summed E-state index contributed by atoms with van der Waals surface area (Å²) in [5.41, 5.74) is 5.96. The van der Waals surface area contributed by atoms with Gasteiger partial charge in [-0.05, 0) is 18.6 Å². The van der Waals surface area contributed by atoms with Crippen molar-refractivity contribution in [2.45, 2.75) is 13.3 Å². The Morgan fingerprint density at radius 3 is 2.95 bits per heavy atom. The zero-order chi connectivity index (χ0) is 14.5. The van der Waals surface area contributed by atoms with Gasteiger partial charge in [0.1, 0.15) is 11.3 Å². The summed E-state index contributed by atoms with van der Waals surface area (Å²) in [5, 5.41) is 2.70. The maximum Gasteiger partial charge on any atom is 0.304 e. The molecule has 20 heavy (non-hydrogen) atoms. The fourth-order valence-electron chi connectivity index (χ4n) is 1.57. The molecule has 0 atom stereocenters. The number of carbonyl (C=O) groups excluding carboxylic acids is 2. The van der Waals surface area contributed by atoms with E-state index in [9.17, 15) is 9.59 Å². The van der Waals surface area contributed by atoms with Crippen LogP contribution in [-0.4, -0.2) is 29.9 Å². The van der Waals surface area contributed by atoms with Gasteiger partial charge >= 0.3 is 5.91 Å². The molecule has 3 N–H and O–H groups in total. The molecule has 0 fully saturated rings. The molecule has 0 bridgehead atoms. The number of amides is 2. The van der Waals surface area contributed by atoms with Crippen LogP contribution in [-0.2, 0) is 4.79 Å². The van der Waals surface area contributed by atoms with Gasteiger partial charge < -0.3 is 20.2 Å². The topological polar surface area (TPSA) is 107 Å². The Kier molecular flexibility index (Phi) is 4.19. The number of hydrogen-bond donors (Lipinski definition) is 2. The minimum absolute atomic E-state index is 0.0773. The molecule has 0 spiro atoms. The highest BCUT2D eigenvalue weighted by atomic mass is 16.5. The Morgan fingerprint density at radius 1 is 1.45 bits per heavy atom. The Hall–Kier alpha value is -2.57. The zero-order valence-corrected chi connectivity index (χ0v) is 11.0. The molecule has 0 aliphatic rings. The molecule has 2 amide bonds. The Morgan fingerprint density at radius 2 is 2.25 bits per heavy atom. The standard InChI is InChI=1S/C13H15N3O4/c1-2-5-15-11(17)7-19-8-3-4-10-9(6-8)16-13(20-10)12(14)18/h3-4,6H,2,5,7H2,1H3,(H2,14,18)(H,15,17). The first-order chi connectivity index (χ1) is 9.60. The molecule has 7 nitrogen and oxygen atoms in total. The van der Waals surface area contributed by atoms with Gasteiger partial charge in [-0.15, -0.1) is 0 Å². The highest BCUT2D eigenvalue weighted by molar-refractivity contribution is 5.91. The Bertz CT molecular complexity index is 636. The summed E-state index contributed by atoms with van der Waals surface area (Å²) in [4.78, 5) is 26.3. The third-order valence-corrected chi connectivity index (χ3v) is 2.51. The first-order valence-electron chi connectivity index (χ1n) is 6.20. The number of carbonyl (C=O) groups is 2. The molecule has 0 saturated carbocycles. The molecule has 2 rings (SSSR count). The molecule has 0 saturated heterocycles. The summed E-state index contributed by atoms with van der Waals surface area (Å²) >= 11 is 0. The molecule has 1 aromatic carbocycles. The van der Waals surface area contributed by atoms with Crippen molar-refractivity contribution >= 4 is 22.9 Å². The maximum absolute atomic E-state index is 11.4. The first-order valence-corrected chi connectivity index (χ1v) is 6.20. The van der Waals surface area contributed by atoms with Crippen LogP contribution in [0.15, 0.2) is 22.6 Å². The molecular formula is C13H15N3O4. The molecule has 1 aromatic heterocycles. The lowest BCUT2D eigenvalue weighted by Crippen LogP contribution is -2.29. The maximum atomic E-state index is 11.4. The number of fused-ring (bicyclic) bond motifs is 1. The predicted octanol–water partition coefficient (Wildman–Crippen LogP) is 0.832. The summed E-state index contributed by atoms with van der Waals surface area (Å²) in [5.74, 6) is -0.612. The molecule has 0 aliphatic heterocycles. The van der Waals surface area contributed by atoms with Gasteiger partial charge in [0.15, 0.2) is 12.2 Å². The van der Waals surface area contributed by atoms with Crippen molar-refractivity contribution in [2.24, 2.45) is 5.73 Å². The smallest absolute Gasteiger partial charge is 0.304 e. The number of oxazole rings is 1. The average molecular weight is 277 g/mol. The van der Waals surface area contributed by atoms with Crippen molar-refractivity contribution in [1.82, 2.24) is 10.3 Å². The monoisotopic (exact) mass is 277 g/mol. The average Bonchev–Trinajstić information content (AvgIpc) is 2.86. The SMILES string of the molecule is CCCNC(=O)COc1ccc2oc(C(N)=O)nc2c1. The van der Waals surface area contributed by atoms with Crippen LogP contribution in [0.25, 0.3) is 11.1 Å². The van der Waals surface area contributed by atoms with E-state index in [2.05, 4.69) is 10.3 Å². The molecular weight excluding hydrogens is 262 g/mol. The van der Waals surface area contributed by atoms with Gasteiger partial charge in [-0.1, -0.05) is 6.92 Å². The Labute approximate surface area is 115 Å². The third kappa shape index (κ3) is 3.25. The lowest BCUT2D eigenvalue weighted by Gasteiger charge is -2.06. The van der Waals surface area contributed by atoms with Crippen LogP contribution in [0.2, 0.25) is 0 Å². The second-order valence-electron chi connectivity index (χ2n) is 4.15. The van der Waals surface area contributed by atoms with E-state index in [-0.39, 0.29) is 18.4 Å². The van der Waals surface area contributed by atoms with E-state index in [0.29, 0.717) is 23.4 Å². The van der Waals surface area contributed by atoms with Crippen LogP contribution in [0.1, 0.15) is 24.0 Å². The largest absolute Gasteiger partial charge is 0.484 e. The lowest BCUT2D eigenvalue weighted by molar-refractivity contribution is -0.123. The van der Waals surface area contributed by atoms with Crippen molar-refractivity contribution in [2.75, 3.05) is 13.2 Å². The van der Waals surface area contributed by atoms with Gasteiger partial charge in [-0.25, -0.2) is 4.98 Å². The second kappa shape index (κ2) is 6.05. The van der Waals surface area contributed by atoms with Crippen molar-refractivity contribution in [1.29, 1.82) is 0 Å². The Balaban J connectivity index is 2.04. The van der Waals surface area contributed by atoms with Gasteiger partial charge in [-0.3, -0.25) is 9.59 Å². The highest BCUT2D eigenvalue weighted by Crippen LogP contribution is 2.21. The van der Waals surface area contributed by atoms with E-state index in [4.69, 9.17) is 14.9 Å². The van der Waals surface area contributed by atoms with E-state index in [0.717, 1.165) is 6.42 Å². The van der Waals surface area contributed by atoms with Gasteiger partial charge in [0.25, 0.3) is 11.8 Å². The zero-order valence-electron chi connectivity index (χ0n) is 11.0. The molecule has 1 heterocycles. The van der Waals surface area contributed by atoms with Crippen molar-refractivity contribution < 1.29 is 18.7 Å². The van der Waals surface area contributed by atoms with Crippen LogP contribution in [0.3, 0.4) is 0 Å². The number of benzene rings is 1. The minimum Gasteiger partial charge on any atom is -0.484 e. The van der Waals surface area contributed by atoms with E-state index in [1.54, 1.807) is 18.2 Å². The lowest BCUT2D eigenvalue weighted by atomic mass is 10.3. The number of nitrogens with one attached hydrogen (secondary N) is 1. The molecule has 0 aliphatic carbocycles. The van der Waals surface area contributed by atoms with Gasteiger partial charge in [-0.2, -0.15) is 0 Å². The van der Waals surface area contributed by atoms with E-state index in [1.165, 1.54) is 0 Å². The van der Waals surface area contributed by atoms with Crippen LogP contribution in [0.4, 0.5) is 0 Å². The van der Waals surface area contributed by atoms with Crippen LogP contribution in [0.5, 0.6) is 5.75 Å². The first kappa shape index (κ1) is 13.9. The van der Waals surface area contributed by atoms with Crippen LogP contribution < -0.4 is 15.8 Å². The fraction of sp³-hybridized carbons (Fsp3) is 0.308. The van der Waals surface area contributed by atoms with Crippen molar-refractivity contribution in [3.05, 3.63) is 24.1 Å². The summed E-state index contributed by atoms with van der Waals surface area (Å²) in [7, 11) is 0. The third-order valence-electron chi connectivity index (χ3n) is 2.51. The number of aromatic nitrogens is 1. The second-order valence-corrected chi connectivity index (χ2v) is 4.15. The predicted molar refractivity (Wildman–Crippen MR) is 71.3 cm³/mol. The van der Waals surface area contributed by atoms with Gasteiger partial charge in [0.2, 0.25) is 0 Å². The minimum atomic E-state index is -0.734. The molecule has 0 radical (unpaired) electrons. The quantitative estimate of drug-likeness (QED) is 0.813. The number of primary amides is 1. The van der Waals surface area contributed by atoms with Crippen LogP contribution in [0, 0.1) is 0 Å². The number of ether oxygens (including phenoxy) is 1. The normalized spacial score (nSPS) is 10.4. The molecule has 106 valence electrons. The van der Waals surface area contributed by atoms with Crippen molar-refractivity contribution in [3.8, 4) is 5.75 Å². The van der Waals surface area contributed by atoms with E-state index >= 15 is 0 Å².